The van der Waals surface area contributed by atoms with Crippen molar-refractivity contribution in [3.05, 3.63) is 29.3 Å². The van der Waals surface area contributed by atoms with E-state index in [1.165, 1.54) is 0 Å². The Balaban J connectivity index is 2.56. The van der Waals surface area contributed by atoms with Crippen molar-refractivity contribution < 1.29 is 9.53 Å². The molecule has 0 atom stereocenters. The molecular weight excluding hydrogens is 166 g/mol. The number of fused-ring (bicyclic) bond motifs is 1. The number of ketones is 1. The zero-order valence-electron chi connectivity index (χ0n) is 7.26. The monoisotopic (exact) mass is 175 g/mol. The Morgan fingerprint density at radius 2 is 2.23 bits per heavy atom. The summed E-state index contributed by atoms with van der Waals surface area (Å²) < 4.78 is 5.20. The van der Waals surface area contributed by atoms with Crippen molar-refractivity contribution in [3.63, 3.8) is 0 Å². The average molecular weight is 175 g/mol. The van der Waals surface area contributed by atoms with Crippen LogP contribution in [0, 0.1) is 12.3 Å². The molecule has 3 heteroatoms. The summed E-state index contributed by atoms with van der Waals surface area (Å²) in [7, 11) is 0. The predicted molar refractivity (Wildman–Crippen MR) is 48.5 cm³/mol. The van der Waals surface area contributed by atoms with Gasteiger partial charge >= 0.3 is 0 Å². The number of carbonyl (C=O) groups is 1. The van der Waals surface area contributed by atoms with Crippen LogP contribution in [-0.2, 0) is 4.79 Å². The van der Waals surface area contributed by atoms with Gasteiger partial charge in [-0.05, 0) is 24.6 Å². The van der Waals surface area contributed by atoms with Gasteiger partial charge in [-0.15, -0.1) is 0 Å². The van der Waals surface area contributed by atoms with Crippen LogP contribution in [-0.4, -0.2) is 18.1 Å². The highest BCUT2D eigenvalue weighted by Crippen LogP contribution is 2.24. The summed E-state index contributed by atoms with van der Waals surface area (Å²) in [5.74, 6) is 0.390. The Hall–Kier alpha value is -1.64. The predicted octanol–water partition coefficient (Wildman–Crippen LogP) is 1.32. The molecule has 0 amide bonds. The molecule has 66 valence electrons. The van der Waals surface area contributed by atoms with Gasteiger partial charge in [0.05, 0.1) is 0 Å². The summed E-state index contributed by atoms with van der Waals surface area (Å²) in [6.07, 6.45) is 0. The second kappa shape index (κ2) is 2.69. The number of ether oxygens (including phenoxy) is 1. The van der Waals surface area contributed by atoms with E-state index in [0.29, 0.717) is 11.3 Å². The highest BCUT2D eigenvalue weighted by Gasteiger charge is 2.22. The molecule has 13 heavy (non-hydrogen) atoms. The van der Waals surface area contributed by atoms with Crippen molar-refractivity contribution in [2.75, 3.05) is 6.61 Å². The smallest absolute Gasteiger partial charge is 0.218 e. The lowest BCUT2D eigenvalue weighted by Gasteiger charge is -2.16. The highest BCUT2D eigenvalue weighted by molar-refractivity contribution is 6.46. The third-order valence-corrected chi connectivity index (χ3v) is 2.04. The van der Waals surface area contributed by atoms with Crippen LogP contribution in [0.5, 0.6) is 5.75 Å². The number of hydrogen-bond donors (Lipinski definition) is 1. The average Bonchev–Trinajstić information content (AvgIpc) is 2.12. The molecule has 0 aliphatic carbocycles. The molecule has 1 heterocycles. The minimum absolute atomic E-state index is 0.00468. The molecule has 1 aromatic rings. The van der Waals surface area contributed by atoms with Gasteiger partial charge in [0.25, 0.3) is 0 Å². The highest BCUT2D eigenvalue weighted by atomic mass is 16.5. The molecule has 1 aromatic carbocycles. The Labute approximate surface area is 75.8 Å². The van der Waals surface area contributed by atoms with E-state index in [4.69, 9.17) is 10.1 Å². The van der Waals surface area contributed by atoms with E-state index in [9.17, 15) is 4.79 Å². The first-order valence-corrected chi connectivity index (χ1v) is 4.04. The molecule has 2 rings (SSSR count). The van der Waals surface area contributed by atoms with E-state index in [1.54, 1.807) is 6.07 Å². The van der Waals surface area contributed by atoms with Gasteiger partial charge in [0.2, 0.25) is 5.78 Å². The summed E-state index contributed by atoms with van der Waals surface area (Å²) in [5.41, 5.74) is 1.73. The standard InChI is InChI=1S/C10H9NO2/c1-6-2-3-7-9(4-6)13-5-8(12)10(7)11/h2-4,11H,5H2,1H3. The van der Waals surface area contributed by atoms with Crippen molar-refractivity contribution in [1.29, 1.82) is 5.41 Å². The SMILES string of the molecule is Cc1ccc2c(c1)OCC(=O)C2=N. The van der Waals surface area contributed by atoms with Crippen molar-refractivity contribution in [2.24, 2.45) is 0 Å². The number of benzene rings is 1. The zero-order valence-corrected chi connectivity index (χ0v) is 7.26. The molecule has 0 fully saturated rings. The number of aryl methyl sites for hydroxylation is 1. The maximum atomic E-state index is 11.1. The molecule has 0 unspecified atom stereocenters. The van der Waals surface area contributed by atoms with E-state index in [2.05, 4.69) is 0 Å². The largest absolute Gasteiger partial charge is 0.485 e. The van der Waals surface area contributed by atoms with Crippen LogP contribution < -0.4 is 4.74 Å². The maximum absolute atomic E-state index is 11.1. The summed E-state index contributed by atoms with van der Waals surface area (Å²) in [4.78, 5) is 11.1. The molecule has 0 saturated carbocycles. The van der Waals surface area contributed by atoms with Crippen LogP contribution >= 0.6 is 0 Å². The van der Waals surface area contributed by atoms with Gasteiger partial charge in [-0.3, -0.25) is 10.2 Å². The van der Waals surface area contributed by atoms with E-state index in [0.717, 1.165) is 5.56 Å². The van der Waals surface area contributed by atoms with Gasteiger partial charge in [-0.1, -0.05) is 6.07 Å². The van der Waals surface area contributed by atoms with Gasteiger partial charge in [0, 0.05) is 5.56 Å². The van der Waals surface area contributed by atoms with Crippen LogP contribution in [0.25, 0.3) is 0 Å². The first kappa shape index (κ1) is 7.98. The third-order valence-electron chi connectivity index (χ3n) is 2.04. The molecule has 1 N–H and O–H groups in total. The van der Waals surface area contributed by atoms with Gasteiger partial charge in [0.15, 0.2) is 6.61 Å². The minimum Gasteiger partial charge on any atom is -0.485 e. The van der Waals surface area contributed by atoms with Crippen LogP contribution in [0.3, 0.4) is 0 Å². The van der Waals surface area contributed by atoms with Crippen molar-refractivity contribution in [3.8, 4) is 5.75 Å². The molecule has 0 spiro atoms. The van der Waals surface area contributed by atoms with Crippen molar-refractivity contribution in [2.45, 2.75) is 6.92 Å². The Morgan fingerprint density at radius 1 is 1.46 bits per heavy atom. The molecule has 0 radical (unpaired) electrons. The summed E-state index contributed by atoms with van der Waals surface area (Å²) >= 11 is 0. The van der Waals surface area contributed by atoms with Crippen LogP contribution in [0.15, 0.2) is 18.2 Å². The van der Waals surface area contributed by atoms with Crippen LogP contribution in [0.1, 0.15) is 11.1 Å². The van der Waals surface area contributed by atoms with E-state index in [-0.39, 0.29) is 18.1 Å². The topological polar surface area (TPSA) is 50.2 Å². The summed E-state index contributed by atoms with van der Waals surface area (Å²) in [6.45, 7) is 1.94. The Bertz CT molecular complexity index is 396. The molecule has 0 bridgehead atoms. The first-order chi connectivity index (χ1) is 6.18. The van der Waals surface area contributed by atoms with E-state index < -0.39 is 0 Å². The van der Waals surface area contributed by atoms with Crippen LogP contribution in [0.4, 0.5) is 0 Å². The van der Waals surface area contributed by atoms with Gasteiger partial charge in [-0.25, -0.2) is 0 Å². The van der Waals surface area contributed by atoms with Crippen LogP contribution in [0.2, 0.25) is 0 Å². The zero-order chi connectivity index (χ0) is 9.42. The maximum Gasteiger partial charge on any atom is 0.218 e. The van der Waals surface area contributed by atoms with E-state index >= 15 is 0 Å². The molecule has 1 aliphatic heterocycles. The fourth-order valence-corrected chi connectivity index (χ4v) is 1.32. The lowest BCUT2D eigenvalue weighted by molar-refractivity contribution is -0.115. The Kier molecular flexibility index (Phi) is 1.65. The van der Waals surface area contributed by atoms with Gasteiger partial charge in [-0.2, -0.15) is 0 Å². The minimum atomic E-state index is -0.253. The lowest BCUT2D eigenvalue weighted by atomic mass is 10.0. The van der Waals surface area contributed by atoms with E-state index in [1.807, 2.05) is 19.1 Å². The van der Waals surface area contributed by atoms with Crippen molar-refractivity contribution >= 4 is 11.5 Å². The second-order valence-electron chi connectivity index (χ2n) is 3.09. The number of Topliss-reactive ketones (excluding diaryl/α,β-unsaturated/α-hetero) is 1. The van der Waals surface area contributed by atoms with Gasteiger partial charge in [0.1, 0.15) is 11.5 Å². The van der Waals surface area contributed by atoms with Gasteiger partial charge < -0.3 is 4.74 Å². The number of hydrogen-bond acceptors (Lipinski definition) is 3. The fourth-order valence-electron chi connectivity index (χ4n) is 1.32. The molecule has 0 saturated heterocycles. The first-order valence-electron chi connectivity index (χ1n) is 4.04. The fraction of sp³-hybridized carbons (Fsp3) is 0.200. The lowest BCUT2D eigenvalue weighted by Crippen LogP contribution is -2.27. The quantitative estimate of drug-likeness (QED) is 0.646. The second-order valence-corrected chi connectivity index (χ2v) is 3.09. The molecule has 1 aliphatic rings. The molecule has 3 nitrogen and oxygen atoms in total. The molecule has 0 aromatic heterocycles. The number of carbonyl (C=O) groups excluding carboxylic acids is 1. The summed E-state index contributed by atoms with van der Waals surface area (Å²) in [5, 5.41) is 7.52. The Morgan fingerprint density at radius 3 is 3.00 bits per heavy atom. The third kappa shape index (κ3) is 1.22. The number of rotatable bonds is 0. The van der Waals surface area contributed by atoms with Crippen molar-refractivity contribution in [1.82, 2.24) is 0 Å². The molecular formula is C10H9NO2. The normalized spacial score (nSPS) is 15.2. The number of nitrogens with one attached hydrogen (secondary N) is 1. The summed E-state index contributed by atoms with van der Waals surface area (Å²) in [6, 6.07) is 5.47.